The van der Waals surface area contributed by atoms with Crippen molar-refractivity contribution in [2.45, 2.75) is 26.1 Å². The molecule has 3 aromatic rings. The molecule has 0 spiro atoms. The lowest BCUT2D eigenvalue weighted by molar-refractivity contribution is -0.204. The van der Waals surface area contributed by atoms with Crippen molar-refractivity contribution in [3.05, 3.63) is 72.1 Å². The number of carbonyl (C=O) groups excluding carboxylic acids is 1. The Morgan fingerprint density at radius 2 is 1.84 bits per heavy atom. The molecule has 6 nitrogen and oxygen atoms in total. The molecule has 0 aliphatic heterocycles. The van der Waals surface area contributed by atoms with Gasteiger partial charge in [0, 0.05) is 11.6 Å². The minimum absolute atomic E-state index is 0.107. The molecule has 0 fully saturated rings. The van der Waals surface area contributed by atoms with Gasteiger partial charge in [0.05, 0.1) is 18.8 Å². The molecule has 1 N–H and O–H groups in total. The zero-order valence-corrected chi connectivity index (χ0v) is 17.5. The van der Waals surface area contributed by atoms with Crippen LogP contribution in [0.25, 0.3) is 11.3 Å². The molecule has 2 aromatic carbocycles. The van der Waals surface area contributed by atoms with Gasteiger partial charge in [-0.05, 0) is 43.2 Å². The van der Waals surface area contributed by atoms with Crippen molar-refractivity contribution in [3.63, 3.8) is 0 Å². The molecular formula is C23H22F3N3O3. The molecular weight excluding hydrogens is 423 g/mol. The van der Waals surface area contributed by atoms with Crippen molar-refractivity contribution < 1.29 is 27.4 Å². The third-order valence-electron chi connectivity index (χ3n) is 4.57. The Labute approximate surface area is 183 Å². The predicted molar refractivity (Wildman–Crippen MR) is 113 cm³/mol. The first-order valence-electron chi connectivity index (χ1n) is 9.90. The maximum atomic E-state index is 12.7. The van der Waals surface area contributed by atoms with Crippen LogP contribution in [0.15, 0.2) is 60.9 Å². The Bertz CT molecular complexity index is 1060. The minimum Gasteiger partial charge on any atom is -0.494 e. The number of nitrogens with zero attached hydrogens (tertiary/aromatic N) is 2. The highest BCUT2D eigenvalue weighted by atomic mass is 19.4. The van der Waals surface area contributed by atoms with Gasteiger partial charge in [-0.3, -0.25) is 0 Å². The number of halogens is 3. The summed E-state index contributed by atoms with van der Waals surface area (Å²) in [6, 6.07) is 15.5. The van der Waals surface area contributed by atoms with Crippen LogP contribution in [0, 0.1) is 6.92 Å². The summed E-state index contributed by atoms with van der Waals surface area (Å²) in [5.41, 5.74) is 2.87. The molecule has 168 valence electrons. The van der Waals surface area contributed by atoms with Crippen LogP contribution < -0.4 is 10.1 Å². The molecule has 0 unspecified atom stereocenters. The third kappa shape index (κ3) is 5.96. The molecule has 0 saturated carbocycles. The van der Waals surface area contributed by atoms with Crippen molar-refractivity contribution in [2.24, 2.45) is 0 Å². The van der Waals surface area contributed by atoms with E-state index in [9.17, 15) is 18.0 Å². The van der Waals surface area contributed by atoms with Gasteiger partial charge in [-0.25, -0.2) is 14.8 Å². The number of ether oxygens (including phenoxy) is 2. The molecule has 1 atom stereocenters. The largest absolute Gasteiger partial charge is 0.494 e. The first-order chi connectivity index (χ1) is 15.3. The number of rotatable bonds is 8. The fourth-order valence-electron chi connectivity index (χ4n) is 3.07. The zero-order chi connectivity index (χ0) is 23.1. The highest BCUT2D eigenvalue weighted by Crippen LogP contribution is 2.28. The summed E-state index contributed by atoms with van der Waals surface area (Å²) in [5, 5.41) is 2.94. The van der Waals surface area contributed by atoms with Gasteiger partial charge in [-0.15, -0.1) is 0 Å². The van der Waals surface area contributed by atoms with Crippen molar-refractivity contribution in [1.82, 2.24) is 9.97 Å². The van der Waals surface area contributed by atoms with Crippen LogP contribution in [0.1, 0.15) is 24.2 Å². The van der Waals surface area contributed by atoms with E-state index < -0.39 is 18.2 Å². The standard InChI is InChI=1S/C23H22F3N3O3/c1-3-31-17-9-10-18(15(2)11-17)19-12-21(29-14-28-19)27-13-20(16-7-5-4-6-8-16)32-22(30)23(24,25)26/h4-12,14,20H,3,13H2,1-2H3,(H,27,28,29)/t20-/m0/s1. The van der Waals surface area contributed by atoms with Gasteiger partial charge in [0.1, 0.15) is 24.0 Å². The fourth-order valence-corrected chi connectivity index (χ4v) is 3.07. The van der Waals surface area contributed by atoms with Crippen LogP contribution in [0.4, 0.5) is 19.0 Å². The van der Waals surface area contributed by atoms with Crippen LogP contribution in [-0.4, -0.2) is 35.3 Å². The van der Waals surface area contributed by atoms with Crippen LogP contribution in [0.3, 0.4) is 0 Å². The van der Waals surface area contributed by atoms with Crippen LogP contribution >= 0.6 is 0 Å². The molecule has 3 rings (SSSR count). The van der Waals surface area contributed by atoms with E-state index >= 15 is 0 Å². The van der Waals surface area contributed by atoms with Crippen molar-refractivity contribution >= 4 is 11.8 Å². The number of hydrogen-bond donors (Lipinski definition) is 1. The average molecular weight is 445 g/mol. The second kappa shape index (κ2) is 10.1. The Morgan fingerprint density at radius 3 is 2.50 bits per heavy atom. The lowest BCUT2D eigenvalue weighted by Gasteiger charge is -2.20. The second-order valence-corrected chi connectivity index (χ2v) is 6.88. The van der Waals surface area contributed by atoms with Crippen LogP contribution in [0.2, 0.25) is 0 Å². The number of esters is 1. The SMILES string of the molecule is CCOc1ccc(-c2cc(NC[C@H](OC(=O)C(F)(F)F)c3ccccc3)ncn2)c(C)c1. The van der Waals surface area contributed by atoms with Gasteiger partial charge in [0.25, 0.3) is 0 Å². The van der Waals surface area contributed by atoms with E-state index in [-0.39, 0.29) is 6.54 Å². The molecule has 0 saturated heterocycles. The van der Waals surface area contributed by atoms with Gasteiger partial charge >= 0.3 is 12.1 Å². The summed E-state index contributed by atoms with van der Waals surface area (Å²) in [5.74, 6) is -1.12. The van der Waals surface area contributed by atoms with E-state index in [1.54, 1.807) is 36.4 Å². The summed E-state index contributed by atoms with van der Waals surface area (Å²) in [7, 11) is 0. The van der Waals surface area contributed by atoms with Crippen LogP contribution in [0.5, 0.6) is 5.75 Å². The molecule has 1 aromatic heterocycles. The van der Waals surface area contributed by atoms with Gasteiger partial charge < -0.3 is 14.8 Å². The molecule has 0 amide bonds. The van der Waals surface area contributed by atoms with Crippen LogP contribution in [-0.2, 0) is 9.53 Å². The number of aromatic nitrogens is 2. The van der Waals surface area contributed by atoms with Crippen molar-refractivity contribution in [1.29, 1.82) is 0 Å². The number of carbonyl (C=O) groups is 1. The minimum atomic E-state index is -5.08. The monoisotopic (exact) mass is 445 g/mol. The number of hydrogen-bond acceptors (Lipinski definition) is 6. The van der Waals surface area contributed by atoms with Gasteiger partial charge in [-0.1, -0.05) is 30.3 Å². The second-order valence-electron chi connectivity index (χ2n) is 6.88. The smallest absolute Gasteiger partial charge is 0.490 e. The highest BCUT2D eigenvalue weighted by molar-refractivity contribution is 5.76. The van der Waals surface area contributed by atoms with E-state index in [0.717, 1.165) is 16.9 Å². The normalized spacial score (nSPS) is 12.2. The summed E-state index contributed by atoms with van der Waals surface area (Å²) in [4.78, 5) is 19.8. The molecule has 1 heterocycles. The number of alkyl halides is 3. The lowest BCUT2D eigenvalue weighted by atomic mass is 10.0. The third-order valence-corrected chi connectivity index (χ3v) is 4.57. The molecule has 9 heteroatoms. The quantitative estimate of drug-likeness (QED) is 0.486. The van der Waals surface area contributed by atoms with E-state index in [1.165, 1.54) is 6.33 Å². The Kier molecular flexibility index (Phi) is 7.29. The molecule has 0 bridgehead atoms. The summed E-state index contributed by atoms with van der Waals surface area (Å²) in [6.45, 7) is 4.28. The fraction of sp³-hybridized carbons (Fsp3) is 0.261. The zero-order valence-electron chi connectivity index (χ0n) is 17.5. The number of benzene rings is 2. The highest BCUT2D eigenvalue weighted by Gasteiger charge is 2.42. The Balaban J connectivity index is 1.78. The van der Waals surface area contributed by atoms with Gasteiger partial charge in [-0.2, -0.15) is 13.2 Å². The first kappa shape index (κ1) is 23.1. The first-order valence-corrected chi connectivity index (χ1v) is 9.90. The number of nitrogens with one attached hydrogen (secondary N) is 1. The van der Waals surface area contributed by atoms with Gasteiger partial charge in [0.15, 0.2) is 0 Å². The lowest BCUT2D eigenvalue weighted by Crippen LogP contribution is -2.29. The predicted octanol–water partition coefficient (Wildman–Crippen LogP) is 5.11. The van der Waals surface area contributed by atoms with E-state index in [2.05, 4.69) is 15.3 Å². The van der Waals surface area contributed by atoms with Crippen molar-refractivity contribution in [3.8, 4) is 17.0 Å². The summed E-state index contributed by atoms with van der Waals surface area (Å²) in [6.07, 6.45) is -4.89. The molecule has 32 heavy (non-hydrogen) atoms. The maximum Gasteiger partial charge on any atom is 0.490 e. The topological polar surface area (TPSA) is 73.3 Å². The van der Waals surface area contributed by atoms with E-state index in [4.69, 9.17) is 9.47 Å². The van der Waals surface area contributed by atoms with Crippen molar-refractivity contribution in [2.75, 3.05) is 18.5 Å². The molecule has 0 aliphatic rings. The molecule has 0 aliphatic carbocycles. The Hall–Kier alpha value is -3.62. The number of anilines is 1. The summed E-state index contributed by atoms with van der Waals surface area (Å²) >= 11 is 0. The molecule has 0 radical (unpaired) electrons. The number of aryl methyl sites for hydroxylation is 1. The van der Waals surface area contributed by atoms with E-state index in [0.29, 0.717) is 23.7 Å². The average Bonchev–Trinajstić information content (AvgIpc) is 2.77. The maximum absolute atomic E-state index is 12.7. The van der Waals surface area contributed by atoms with E-state index in [1.807, 2.05) is 32.0 Å². The Morgan fingerprint density at radius 1 is 1.09 bits per heavy atom. The van der Waals surface area contributed by atoms with Gasteiger partial charge in [0.2, 0.25) is 0 Å². The summed E-state index contributed by atoms with van der Waals surface area (Å²) < 4.78 is 48.4.